The number of thiazole rings is 1. The Morgan fingerprint density at radius 2 is 2.26 bits per heavy atom. The normalized spacial score (nSPS) is 13.1. The Kier molecular flexibility index (Phi) is 1.62. The first-order valence-electron chi connectivity index (χ1n) is 6.14. The van der Waals surface area contributed by atoms with E-state index in [0.717, 1.165) is 6.54 Å². The molecule has 1 aliphatic heterocycles. The minimum atomic E-state index is 0.935. The predicted molar refractivity (Wildman–Crippen MR) is 73.1 cm³/mol. The van der Waals surface area contributed by atoms with Crippen LogP contribution in [0.5, 0.6) is 0 Å². The van der Waals surface area contributed by atoms with E-state index >= 15 is 0 Å². The van der Waals surface area contributed by atoms with Crippen molar-refractivity contribution in [3.05, 3.63) is 48.5 Å². The van der Waals surface area contributed by atoms with Gasteiger partial charge in [-0.25, -0.2) is 4.52 Å². The summed E-state index contributed by atoms with van der Waals surface area (Å²) in [7, 11) is 0. The average Bonchev–Trinajstić information content (AvgIpc) is 3.07. The summed E-state index contributed by atoms with van der Waals surface area (Å²) in [5.74, 6) is 0. The van der Waals surface area contributed by atoms with Crippen molar-refractivity contribution >= 4 is 27.1 Å². The van der Waals surface area contributed by atoms with E-state index in [-0.39, 0.29) is 0 Å². The van der Waals surface area contributed by atoms with Crippen molar-refractivity contribution in [2.75, 3.05) is 0 Å². The zero-order valence-corrected chi connectivity index (χ0v) is 10.8. The van der Waals surface area contributed by atoms with Crippen molar-refractivity contribution in [3.8, 4) is 10.6 Å². The zero-order valence-electron chi connectivity index (χ0n) is 9.95. The highest BCUT2D eigenvalue weighted by Crippen LogP contribution is 2.36. The number of aromatic nitrogens is 4. The number of hydrogen-bond donors (Lipinski definition) is 0. The lowest BCUT2D eigenvalue weighted by molar-refractivity contribution is -0.642. The van der Waals surface area contributed by atoms with Crippen LogP contribution in [-0.2, 0) is 6.54 Å². The second kappa shape index (κ2) is 3.19. The Hall–Kier alpha value is -2.27. The van der Waals surface area contributed by atoms with E-state index in [0.29, 0.717) is 0 Å². The van der Waals surface area contributed by atoms with Gasteiger partial charge in [-0.2, -0.15) is 9.67 Å². The van der Waals surface area contributed by atoms with Crippen molar-refractivity contribution < 1.29 is 4.57 Å². The minimum Gasteiger partial charge on any atom is -0.264 e. The molecule has 4 aromatic rings. The third kappa shape index (κ3) is 1.11. The molecule has 0 aromatic carbocycles. The van der Waals surface area contributed by atoms with Gasteiger partial charge < -0.3 is 0 Å². The quantitative estimate of drug-likeness (QED) is 0.402. The zero-order chi connectivity index (χ0) is 12.4. The summed E-state index contributed by atoms with van der Waals surface area (Å²) in [6.45, 7) is 0.935. The summed E-state index contributed by atoms with van der Waals surface area (Å²) >= 11 is 1.83. The fourth-order valence-corrected chi connectivity index (χ4v) is 4.10. The molecule has 19 heavy (non-hydrogen) atoms. The highest BCUT2D eigenvalue weighted by Gasteiger charge is 2.33. The molecule has 0 radical (unpaired) electrons. The molecule has 0 fully saturated rings. The van der Waals surface area contributed by atoms with Gasteiger partial charge in [-0.3, -0.25) is 4.98 Å². The molecule has 5 heterocycles. The molecule has 0 atom stereocenters. The number of nitrogens with zero attached hydrogens (tertiary/aromatic N) is 4. The van der Waals surface area contributed by atoms with Crippen molar-refractivity contribution in [1.29, 1.82) is 0 Å². The van der Waals surface area contributed by atoms with Crippen LogP contribution in [0.15, 0.2) is 43.0 Å². The molecular formula is C14H9N4S+. The van der Waals surface area contributed by atoms with Crippen LogP contribution in [0, 0.1) is 0 Å². The first-order valence-corrected chi connectivity index (χ1v) is 6.95. The van der Waals surface area contributed by atoms with Crippen LogP contribution in [0.3, 0.4) is 0 Å². The Labute approximate surface area is 112 Å². The highest BCUT2D eigenvalue weighted by molar-refractivity contribution is 7.22. The van der Waals surface area contributed by atoms with Crippen molar-refractivity contribution in [2.45, 2.75) is 6.54 Å². The Bertz CT molecular complexity index is 951. The fourth-order valence-electron chi connectivity index (χ4n) is 2.81. The summed E-state index contributed by atoms with van der Waals surface area (Å²) in [6.07, 6.45) is 7.77. The molecule has 0 N–H and O–H groups in total. The molecular weight excluding hydrogens is 256 g/mol. The van der Waals surface area contributed by atoms with Crippen LogP contribution in [0.1, 0.15) is 5.56 Å². The van der Waals surface area contributed by atoms with Crippen molar-refractivity contribution in [2.24, 2.45) is 0 Å². The van der Waals surface area contributed by atoms with E-state index in [9.17, 15) is 0 Å². The maximum atomic E-state index is 4.36. The van der Waals surface area contributed by atoms with Gasteiger partial charge in [0, 0.05) is 24.2 Å². The number of fused-ring (bicyclic) bond motifs is 7. The lowest BCUT2D eigenvalue weighted by atomic mass is 10.2. The van der Waals surface area contributed by atoms with Crippen molar-refractivity contribution in [1.82, 2.24) is 14.6 Å². The molecule has 4 aromatic heterocycles. The smallest absolute Gasteiger partial charge is 0.264 e. The van der Waals surface area contributed by atoms with Gasteiger partial charge in [0.2, 0.25) is 5.52 Å². The maximum Gasteiger partial charge on any atom is 0.272 e. The van der Waals surface area contributed by atoms with Crippen LogP contribution in [0.2, 0.25) is 0 Å². The second-order valence-corrected chi connectivity index (χ2v) is 5.72. The summed E-state index contributed by atoms with van der Waals surface area (Å²) in [4.78, 5) is 4.25. The van der Waals surface area contributed by atoms with E-state index < -0.39 is 0 Å². The lowest BCUT2D eigenvalue weighted by Gasteiger charge is -1.90. The van der Waals surface area contributed by atoms with Gasteiger partial charge in [0.15, 0.2) is 6.54 Å². The monoisotopic (exact) mass is 265 g/mol. The summed E-state index contributed by atoms with van der Waals surface area (Å²) < 4.78 is 5.62. The number of pyridine rings is 1. The molecule has 90 valence electrons. The maximum absolute atomic E-state index is 4.36. The van der Waals surface area contributed by atoms with Crippen LogP contribution < -0.4 is 4.57 Å². The van der Waals surface area contributed by atoms with Gasteiger partial charge in [-0.15, -0.1) is 0 Å². The van der Waals surface area contributed by atoms with Gasteiger partial charge in [0.1, 0.15) is 10.9 Å². The average molecular weight is 265 g/mol. The molecule has 4 nitrogen and oxygen atoms in total. The number of rotatable bonds is 0. The summed E-state index contributed by atoms with van der Waals surface area (Å²) in [5.41, 5.74) is 5.06. The molecule has 0 amide bonds. The fraction of sp³-hybridized carbons (Fsp3) is 0.0714. The molecule has 0 saturated heterocycles. The molecule has 0 saturated carbocycles. The lowest BCUT2D eigenvalue weighted by Crippen LogP contribution is -2.29. The van der Waals surface area contributed by atoms with Crippen LogP contribution in [0.25, 0.3) is 26.3 Å². The topological polar surface area (TPSA) is 34.1 Å². The summed E-state index contributed by atoms with van der Waals surface area (Å²) in [6, 6.07) is 6.21. The van der Waals surface area contributed by atoms with Crippen LogP contribution >= 0.6 is 11.3 Å². The van der Waals surface area contributed by atoms with E-state index in [1.807, 2.05) is 40.5 Å². The third-order valence-corrected chi connectivity index (χ3v) is 4.95. The van der Waals surface area contributed by atoms with E-state index in [1.54, 1.807) is 0 Å². The largest absolute Gasteiger partial charge is 0.272 e. The number of hydrogen-bond acceptors (Lipinski definition) is 3. The molecule has 0 bridgehead atoms. The second-order valence-electron chi connectivity index (χ2n) is 4.72. The van der Waals surface area contributed by atoms with Crippen molar-refractivity contribution in [3.63, 3.8) is 0 Å². The van der Waals surface area contributed by atoms with Gasteiger partial charge >= 0.3 is 0 Å². The van der Waals surface area contributed by atoms with Crippen LogP contribution in [0.4, 0.5) is 0 Å². The van der Waals surface area contributed by atoms with Gasteiger partial charge in [0.25, 0.3) is 5.01 Å². The molecule has 0 spiro atoms. The van der Waals surface area contributed by atoms with E-state index in [1.165, 1.54) is 31.9 Å². The molecule has 1 aliphatic rings. The van der Waals surface area contributed by atoms with Gasteiger partial charge in [-0.05, 0) is 18.2 Å². The first kappa shape index (κ1) is 9.63. The molecule has 0 unspecified atom stereocenters. The van der Waals surface area contributed by atoms with Crippen LogP contribution in [-0.4, -0.2) is 14.6 Å². The standard InChI is InChI=1S/C14H9N4S/c1-2-11-13-12(8-18(11)16-4-1)17-7-9-3-5-15-6-10(9)14(17)19-13/h1-6,8H,7H2/q+1. The van der Waals surface area contributed by atoms with Gasteiger partial charge in [0.05, 0.1) is 11.1 Å². The van der Waals surface area contributed by atoms with E-state index in [4.69, 9.17) is 0 Å². The van der Waals surface area contributed by atoms with E-state index in [2.05, 4.69) is 33.0 Å². The third-order valence-electron chi connectivity index (χ3n) is 3.69. The molecule has 0 aliphatic carbocycles. The molecule has 5 rings (SSSR count). The predicted octanol–water partition coefficient (Wildman–Crippen LogP) is 2.26. The Morgan fingerprint density at radius 1 is 1.26 bits per heavy atom. The molecule has 5 heteroatoms. The summed E-state index contributed by atoms with van der Waals surface area (Å²) in [5, 5.41) is 5.67. The Balaban J connectivity index is 1.93. The SMILES string of the molecule is c1cnn2cc3c(sc4[n+]3Cc3ccncc3-4)c2c1. The van der Waals surface area contributed by atoms with Gasteiger partial charge in [-0.1, -0.05) is 11.3 Å². The first-order chi connectivity index (χ1) is 9.42. The Morgan fingerprint density at radius 3 is 3.26 bits per heavy atom. The minimum absolute atomic E-state index is 0.935. The highest BCUT2D eigenvalue weighted by atomic mass is 32.1.